The predicted molar refractivity (Wildman–Crippen MR) is 80.6 cm³/mol. The van der Waals surface area contributed by atoms with Crippen molar-refractivity contribution in [3.05, 3.63) is 18.2 Å². The number of ether oxygens (including phenoxy) is 2. The van der Waals surface area contributed by atoms with Gasteiger partial charge in [0.25, 0.3) is 0 Å². The zero-order valence-electron chi connectivity index (χ0n) is 12.7. The van der Waals surface area contributed by atoms with Crippen LogP contribution in [-0.4, -0.2) is 44.7 Å². The summed E-state index contributed by atoms with van der Waals surface area (Å²) < 4.78 is 11.0. The van der Waals surface area contributed by atoms with Crippen molar-refractivity contribution < 1.29 is 14.3 Å². The number of benzene rings is 1. The third kappa shape index (κ3) is 4.99. The first-order valence-electron chi connectivity index (χ1n) is 6.92. The lowest BCUT2D eigenvalue weighted by molar-refractivity contribution is -0.128. The minimum absolute atomic E-state index is 0.0939. The Balaban J connectivity index is 2.69. The van der Waals surface area contributed by atoms with E-state index in [-0.39, 0.29) is 5.91 Å². The third-order valence-corrected chi connectivity index (χ3v) is 2.71. The van der Waals surface area contributed by atoms with Crippen LogP contribution in [0.25, 0.3) is 0 Å². The first-order chi connectivity index (χ1) is 9.58. The van der Waals surface area contributed by atoms with E-state index in [2.05, 4.69) is 5.32 Å². The average molecular weight is 280 g/mol. The van der Waals surface area contributed by atoms with E-state index in [9.17, 15) is 4.79 Å². The Hall–Kier alpha value is -1.91. The van der Waals surface area contributed by atoms with Crippen LogP contribution >= 0.6 is 0 Å². The molecule has 20 heavy (non-hydrogen) atoms. The quantitative estimate of drug-likeness (QED) is 0.794. The molecule has 0 aromatic heterocycles. The highest BCUT2D eigenvalue weighted by Gasteiger charge is 2.07. The van der Waals surface area contributed by atoms with Gasteiger partial charge in [-0.1, -0.05) is 0 Å². The summed E-state index contributed by atoms with van der Waals surface area (Å²) in [6.45, 7) is 5.66. The van der Waals surface area contributed by atoms with Gasteiger partial charge in [0.2, 0.25) is 5.91 Å². The van der Waals surface area contributed by atoms with Crippen LogP contribution in [0.3, 0.4) is 0 Å². The van der Waals surface area contributed by atoms with E-state index >= 15 is 0 Å². The molecule has 0 radical (unpaired) electrons. The number of hydrogen-bond donors (Lipinski definition) is 1. The van der Waals surface area contributed by atoms with Crippen LogP contribution in [-0.2, 0) is 4.79 Å². The van der Waals surface area contributed by atoms with E-state index in [0.717, 1.165) is 17.2 Å². The van der Waals surface area contributed by atoms with Crippen molar-refractivity contribution in [3.8, 4) is 11.5 Å². The molecule has 0 aliphatic heterocycles. The van der Waals surface area contributed by atoms with E-state index < -0.39 is 0 Å². The Bertz CT molecular complexity index is 433. The monoisotopic (exact) mass is 280 g/mol. The fourth-order valence-electron chi connectivity index (χ4n) is 1.71. The van der Waals surface area contributed by atoms with Crippen molar-refractivity contribution in [2.75, 3.05) is 39.2 Å². The van der Waals surface area contributed by atoms with Crippen molar-refractivity contribution in [2.45, 2.75) is 20.3 Å². The minimum atomic E-state index is 0.0939. The van der Waals surface area contributed by atoms with Gasteiger partial charge in [-0.2, -0.15) is 0 Å². The van der Waals surface area contributed by atoms with Gasteiger partial charge < -0.3 is 19.7 Å². The Morgan fingerprint density at radius 3 is 2.50 bits per heavy atom. The molecular formula is C15H24N2O3. The smallest absolute Gasteiger partial charge is 0.223 e. The summed E-state index contributed by atoms with van der Waals surface area (Å²) >= 11 is 0. The van der Waals surface area contributed by atoms with Gasteiger partial charge in [0.15, 0.2) is 0 Å². The number of nitrogens with one attached hydrogen (secondary N) is 1. The van der Waals surface area contributed by atoms with Crippen molar-refractivity contribution >= 4 is 11.6 Å². The number of amides is 1. The molecule has 1 rings (SSSR count). The highest BCUT2D eigenvalue weighted by molar-refractivity contribution is 5.76. The maximum Gasteiger partial charge on any atom is 0.223 e. The van der Waals surface area contributed by atoms with Crippen LogP contribution < -0.4 is 14.8 Å². The standard InChI is InChI=1S/C15H24N2O3/c1-5-19-12-7-8-14(20-6-2)13(11-12)16-10-9-15(18)17(3)4/h7-8,11,16H,5-6,9-10H2,1-4H3. The van der Waals surface area contributed by atoms with Gasteiger partial charge in [0.05, 0.1) is 18.9 Å². The van der Waals surface area contributed by atoms with Crippen molar-refractivity contribution in [1.82, 2.24) is 4.90 Å². The molecule has 0 saturated heterocycles. The molecule has 5 nitrogen and oxygen atoms in total. The molecule has 0 bridgehead atoms. The molecular weight excluding hydrogens is 256 g/mol. The molecule has 0 unspecified atom stereocenters. The Morgan fingerprint density at radius 2 is 1.90 bits per heavy atom. The molecule has 0 fully saturated rings. The highest BCUT2D eigenvalue weighted by Crippen LogP contribution is 2.29. The molecule has 0 aliphatic carbocycles. The van der Waals surface area contributed by atoms with Gasteiger partial charge >= 0.3 is 0 Å². The number of carbonyl (C=O) groups excluding carboxylic acids is 1. The largest absolute Gasteiger partial charge is 0.494 e. The lowest BCUT2D eigenvalue weighted by atomic mass is 10.2. The maximum absolute atomic E-state index is 11.5. The Labute approximate surface area is 120 Å². The predicted octanol–water partition coefficient (Wildman–Crippen LogP) is 2.37. The molecule has 0 spiro atoms. The average Bonchev–Trinajstić information content (AvgIpc) is 2.41. The van der Waals surface area contributed by atoms with E-state index in [0.29, 0.717) is 26.2 Å². The van der Waals surface area contributed by atoms with Crippen LogP contribution in [0.15, 0.2) is 18.2 Å². The number of nitrogens with zero attached hydrogens (tertiary/aromatic N) is 1. The van der Waals surface area contributed by atoms with Gasteiger partial charge in [-0.15, -0.1) is 0 Å². The zero-order valence-corrected chi connectivity index (χ0v) is 12.7. The molecule has 112 valence electrons. The minimum Gasteiger partial charge on any atom is -0.494 e. The van der Waals surface area contributed by atoms with E-state index in [1.165, 1.54) is 0 Å². The second-order valence-electron chi connectivity index (χ2n) is 4.49. The van der Waals surface area contributed by atoms with Gasteiger partial charge in [-0.25, -0.2) is 0 Å². The number of hydrogen-bond acceptors (Lipinski definition) is 4. The number of rotatable bonds is 8. The molecule has 1 N–H and O–H groups in total. The van der Waals surface area contributed by atoms with E-state index in [4.69, 9.17) is 9.47 Å². The van der Waals surface area contributed by atoms with Crippen LogP contribution in [0.2, 0.25) is 0 Å². The van der Waals surface area contributed by atoms with Gasteiger partial charge in [-0.05, 0) is 26.0 Å². The van der Waals surface area contributed by atoms with Gasteiger partial charge in [-0.3, -0.25) is 4.79 Å². The van der Waals surface area contributed by atoms with Crippen molar-refractivity contribution in [1.29, 1.82) is 0 Å². The summed E-state index contributed by atoms with van der Waals surface area (Å²) in [6, 6.07) is 5.66. The molecule has 0 aliphatic rings. The van der Waals surface area contributed by atoms with E-state index in [1.54, 1.807) is 19.0 Å². The summed E-state index contributed by atoms with van der Waals surface area (Å²) in [4.78, 5) is 13.1. The Kier molecular flexibility index (Phi) is 6.70. The molecule has 0 heterocycles. The first-order valence-corrected chi connectivity index (χ1v) is 6.92. The lowest BCUT2D eigenvalue weighted by Crippen LogP contribution is -2.24. The molecule has 0 atom stereocenters. The third-order valence-electron chi connectivity index (χ3n) is 2.71. The van der Waals surface area contributed by atoms with Crippen LogP contribution in [0, 0.1) is 0 Å². The number of carbonyl (C=O) groups is 1. The van der Waals surface area contributed by atoms with Gasteiger partial charge in [0.1, 0.15) is 11.5 Å². The second kappa shape index (κ2) is 8.30. The maximum atomic E-state index is 11.5. The molecule has 1 aromatic rings. The van der Waals surface area contributed by atoms with Crippen LogP contribution in [0.5, 0.6) is 11.5 Å². The SMILES string of the molecule is CCOc1ccc(OCC)c(NCCC(=O)N(C)C)c1. The summed E-state index contributed by atoms with van der Waals surface area (Å²) in [7, 11) is 3.51. The molecule has 0 saturated carbocycles. The number of anilines is 1. The van der Waals surface area contributed by atoms with Crippen LogP contribution in [0.4, 0.5) is 5.69 Å². The Morgan fingerprint density at radius 1 is 1.20 bits per heavy atom. The first kappa shape index (κ1) is 16.1. The summed E-state index contributed by atoms with van der Waals surface area (Å²) in [5.41, 5.74) is 0.851. The highest BCUT2D eigenvalue weighted by atomic mass is 16.5. The molecule has 1 amide bonds. The fourth-order valence-corrected chi connectivity index (χ4v) is 1.71. The van der Waals surface area contributed by atoms with Crippen molar-refractivity contribution in [2.24, 2.45) is 0 Å². The van der Waals surface area contributed by atoms with Crippen molar-refractivity contribution in [3.63, 3.8) is 0 Å². The fraction of sp³-hybridized carbons (Fsp3) is 0.533. The van der Waals surface area contributed by atoms with Crippen LogP contribution in [0.1, 0.15) is 20.3 Å². The van der Waals surface area contributed by atoms with Gasteiger partial charge in [0, 0.05) is 33.1 Å². The normalized spacial score (nSPS) is 10.0. The molecule has 5 heteroatoms. The van der Waals surface area contributed by atoms with E-state index in [1.807, 2.05) is 32.0 Å². The summed E-state index contributed by atoms with van der Waals surface area (Å²) in [5, 5.41) is 3.23. The summed E-state index contributed by atoms with van der Waals surface area (Å²) in [5.74, 6) is 1.65. The summed E-state index contributed by atoms with van der Waals surface area (Å²) in [6.07, 6.45) is 0.442. The topological polar surface area (TPSA) is 50.8 Å². The second-order valence-corrected chi connectivity index (χ2v) is 4.49. The zero-order chi connectivity index (χ0) is 15.0. The lowest BCUT2D eigenvalue weighted by Gasteiger charge is -2.15. The molecule has 1 aromatic carbocycles.